The zero-order chi connectivity index (χ0) is 10.7. The topological polar surface area (TPSA) is 40.5 Å². The minimum Gasteiger partial charge on any atom is -0.285 e. The number of carbonyl (C=O) groups is 1. The largest absolute Gasteiger partial charge is 0.285 e. The van der Waals surface area contributed by atoms with Gasteiger partial charge in [0, 0.05) is 10.6 Å². The third-order valence-corrected chi connectivity index (χ3v) is 2.04. The molecule has 0 heterocycles. The van der Waals surface area contributed by atoms with Gasteiger partial charge in [-0.05, 0) is 38.1 Å². The SMILES string of the molecule is CC(C)N(O)C(=O)c1ccc(Cl)cc1. The van der Waals surface area contributed by atoms with Crippen LogP contribution in [0.4, 0.5) is 0 Å². The van der Waals surface area contributed by atoms with Crippen molar-refractivity contribution in [1.29, 1.82) is 0 Å². The van der Waals surface area contributed by atoms with Crippen LogP contribution >= 0.6 is 11.6 Å². The lowest BCUT2D eigenvalue weighted by Gasteiger charge is -2.18. The first-order valence-electron chi connectivity index (χ1n) is 4.30. The Morgan fingerprint density at radius 2 is 1.86 bits per heavy atom. The number of hydroxylamine groups is 2. The minimum absolute atomic E-state index is 0.238. The number of halogens is 1. The molecule has 0 saturated carbocycles. The average molecular weight is 214 g/mol. The van der Waals surface area contributed by atoms with E-state index in [9.17, 15) is 10.0 Å². The van der Waals surface area contributed by atoms with Gasteiger partial charge < -0.3 is 0 Å². The van der Waals surface area contributed by atoms with Gasteiger partial charge in [0.25, 0.3) is 5.91 Å². The van der Waals surface area contributed by atoms with Crippen LogP contribution in [0.2, 0.25) is 5.02 Å². The van der Waals surface area contributed by atoms with Crippen molar-refractivity contribution in [2.24, 2.45) is 0 Å². The number of hydrogen-bond donors (Lipinski definition) is 1. The maximum Gasteiger partial charge on any atom is 0.277 e. The molecule has 0 aliphatic carbocycles. The molecule has 3 nitrogen and oxygen atoms in total. The summed E-state index contributed by atoms with van der Waals surface area (Å²) in [7, 11) is 0. The lowest BCUT2D eigenvalue weighted by atomic mass is 10.2. The first-order valence-corrected chi connectivity index (χ1v) is 4.68. The Balaban J connectivity index is 2.84. The second-order valence-electron chi connectivity index (χ2n) is 3.25. The van der Waals surface area contributed by atoms with Gasteiger partial charge >= 0.3 is 0 Å². The van der Waals surface area contributed by atoms with Gasteiger partial charge in [-0.1, -0.05) is 11.6 Å². The van der Waals surface area contributed by atoms with Crippen LogP contribution in [0.5, 0.6) is 0 Å². The smallest absolute Gasteiger partial charge is 0.277 e. The zero-order valence-corrected chi connectivity index (χ0v) is 8.82. The number of carbonyl (C=O) groups excluding carboxylic acids is 1. The van der Waals surface area contributed by atoms with Gasteiger partial charge in [-0.2, -0.15) is 0 Å². The second kappa shape index (κ2) is 4.44. The Hall–Kier alpha value is -1.06. The van der Waals surface area contributed by atoms with Gasteiger partial charge in [0.1, 0.15) is 0 Å². The summed E-state index contributed by atoms with van der Waals surface area (Å²) in [4.78, 5) is 11.5. The van der Waals surface area contributed by atoms with Crippen molar-refractivity contribution in [2.45, 2.75) is 19.9 Å². The molecule has 1 aromatic carbocycles. The monoisotopic (exact) mass is 213 g/mol. The summed E-state index contributed by atoms with van der Waals surface area (Å²) >= 11 is 5.67. The van der Waals surface area contributed by atoms with Crippen molar-refractivity contribution < 1.29 is 10.0 Å². The normalized spacial score (nSPS) is 10.4. The van der Waals surface area contributed by atoms with E-state index in [4.69, 9.17) is 11.6 Å². The van der Waals surface area contributed by atoms with Crippen molar-refractivity contribution in [3.63, 3.8) is 0 Å². The summed E-state index contributed by atoms with van der Waals surface area (Å²) in [5, 5.41) is 10.6. The molecule has 0 unspecified atom stereocenters. The van der Waals surface area contributed by atoms with Crippen LogP contribution in [0.3, 0.4) is 0 Å². The number of amides is 1. The number of nitrogens with zero attached hydrogens (tertiary/aromatic N) is 1. The number of rotatable bonds is 2. The summed E-state index contributed by atoms with van der Waals surface area (Å²) < 4.78 is 0. The molecule has 0 fully saturated rings. The van der Waals surface area contributed by atoms with Crippen LogP contribution in [-0.4, -0.2) is 22.2 Å². The summed E-state index contributed by atoms with van der Waals surface area (Å²) in [5.74, 6) is -0.420. The minimum atomic E-state index is -0.420. The van der Waals surface area contributed by atoms with Gasteiger partial charge in [0.15, 0.2) is 0 Å². The Morgan fingerprint density at radius 1 is 1.36 bits per heavy atom. The Kier molecular flexibility index (Phi) is 3.49. The number of benzene rings is 1. The van der Waals surface area contributed by atoms with Gasteiger partial charge in [-0.3, -0.25) is 10.0 Å². The Bertz CT molecular complexity index is 321. The van der Waals surface area contributed by atoms with E-state index >= 15 is 0 Å². The molecule has 14 heavy (non-hydrogen) atoms. The van der Waals surface area contributed by atoms with Crippen LogP contribution in [0.15, 0.2) is 24.3 Å². The van der Waals surface area contributed by atoms with E-state index in [-0.39, 0.29) is 6.04 Å². The molecule has 0 aliphatic rings. The number of hydrogen-bond acceptors (Lipinski definition) is 2. The Labute approximate surface area is 87.9 Å². The molecule has 4 heteroatoms. The van der Waals surface area contributed by atoms with Crippen molar-refractivity contribution in [3.05, 3.63) is 34.9 Å². The highest BCUT2D eigenvalue weighted by atomic mass is 35.5. The molecular formula is C10H12ClNO2. The van der Waals surface area contributed by atoms with E-state index in [1.807, 2.05) is 0 Å². The molecule has 76 valence electrons. The van der Waals surface area contributed by atoms with E-state index in [0.29, 0.717) is 15.6 Å². The molecule has 0 radical (unpaired) electrons. The molecule has 1 rings (SSSR count). The van der Waals surface area contributed by atoms with E-state index in [1.54, 1.807) is 38.1 Å². The fraction of sp³-hybridized carbons (Fsp3) is 0.300. The van der Waals surface area contributed by atoms with E-state index in [1.165, 1.54) is 0 Å². The van der Waals surface area contributed by atoms with E-state index in [0.717, 1.165) is 0 Å². The standard InChI is InChI=1S/C10H12ClNO2/c1-7(2)12(14)10(13)8-3-5-9(11)6-4-8/h3-7,14H,1-2H3. The quantitative estimate of drug-likeness (QED) is 0.606. The highest BCUT2D eigenvalue weighted by Crippen LogP contribution is 2.11. The lowest BCUT2D eigenvalue weighted by molar-refractivity contribution is -0.0794. The molecule has 0 saturated heterocycles. The summed E-state index contributed by atoms with van der Waals surface area (Å²) in [6.07, 6.45) is 0. The predicted octanol–water partition coefficient (Wildman–Crippen LogP) is 2.58. The van der Waals surface area contributed by atoms with Gasteiger partial charge in [0.05, 0.1) is 6.04 Å². The first kappa shape index (κ1) is 11.0. The molecule has 1 aromatic rings. The molecule has 0 bridgehead atoms. The Morgan fingerprint density at radius 3 is 2.29 bits per heavy atom. The van der Waals surface area contributed by atoms with Crippen LogP contribution in [-0.2, 0) is 0 Å². The fourth-order valence-corrected chi connectivity index (χ4v) is 1.09. The molecule has 0 aromatic heterocycles. The molecule has 1 amide bonds. The van der Waals surface area contributed by atoms with Crippen molar-refractivity contribution in [2.75, 3.05) is 0 Å². The van der Waals surface area contributed by atoms with Gasteiger partial charge in [0.2, 0.25) is 0 Å². The molecule has 0 aliphatic heterocycles. The third kappa shape index (κ3) is 2.47. The van der Waals surface area contributed by atoms with Crippen molar-refractivity contribution >= 4 is 17.5 Å². The highest BCUT2D eigenvalue weighted by molar-refractivity contribution is 6.30. The van der Waals surface area contributed by atoms with Crippen LogP contribution in [0.1, 0.15) is 24.2 Å². The van der Waals surface area contributed by atoms with Crippen molar-refractivity contribution in [3.8, 4) is 0 Å². The lowest BCUT2D eigenvalue weighted by Crippen LogP contribution is -2.33. The average Bonchev–Trinajstić information content (AvgIpc) is 2.16. The van der Waals surface area contributed by atoms with Crippen LogP contribution in [0, 0.1) is 0 Å². The molecular weight excluding hydrogens is 202 g/mol. The van der Waals surface area contributed by atoms with Crippen molar-refractivity contribution in [1.82, 2.24) is 5.06 Å². The maximum atomic E-state index is 11.5. The predicted molar refractivity (Wildman–Crippen MR) is 54.5 cm³/mol. The molecule has 1 N–H and O–H groups in total. The van der Waals surface area contributed by atoms with Gasteiger partial charge in [-0.15, -0.1) is 0 Å². The van der Waals surface area contributed by atoms with E-state index in [2.05, 4.69) is 0 Å². The van der Waals surface area contributed by atoms with Gasteiger partial charge in [-0.25, -0.2) is 5.06 Å². The summed E-state index contributed by atoms with van der Waals surface area (Å²) in [6, 6.07) is 6.15. The maximum absolute atomic E-state index is 11.5. The summed E-state index contributed by atoms with van der Waals surface area (Å²) in [6.45, 7) is 3.46. The second-order valence-corrected chi connectivity index (χ2v) is 3.69. The van der Waals surface area contributed by atoms with Crippen LogP contribution in [0.25, 0.3) is 0 Å². The molecule has 0 spiro atoms. The van der Waals surface area contributed by atoms with Crippen LogP contribution < -0.4 is 0 Å². The zero-order valence-electron chi connectivity index (χ0n) is 8.07. The summed E-state index contributed by atoms with van der Waals surface area (Å²) in [5.41, 5.74) is 0.422. The third-order valence-electron chi connectivity index (χ3n) is 1.79. The molecule has 0 atom stereocenters. The highest BCUT2D eigenvalue weighted by Gasteiger charge is 2.15. The fourth-order valence-electron chi connectivity index (χ4n) is 0.959. The van der Waals surface area contributed by atoms with E-state index < -0.39 is 5.91 Å². The first-order chi connectivity index (χ1) is 6.52.